The Morgan fingerprint density at radius 1 is 1.15 bits per heavy atom. The largest absolute Gasteiger partial charge is 0.378 e. The number of nitrogens with zero attached hydrogens (tertiary/aromatic N) is 1. The van der Waals surface area contributed by atoms with Crippen LogP contribution in [-0.4, -0.2) is 45.7 Å². The monoisotopic (exact) mass is 465 g/mol. The van der Waals surface area contributed by atoms with Crippen molar-refractivity contribution in [3.8, 4) is 0 Å². The van der Waals surface area contributed by atoms with E-state index in [9.17, 15) is 14.0 Å². The minimum absolute atomic E-state index is 0.0564. The topological polar surface area (TPSA) is 116 Å². The van der Waals surface area contributed by atoms with Gasteiger partial charge < -0.3 is 25.0 Å². The summed E-state index contributed by atoms with van der Waals surface area (Å²) in [4.78, 5) is 38.4. The highest BCUT2D eigenvalue weighted by molar-refractivity contribution is 5.49. The third-order valence-electron chi connectivity index (χ3n) is 6.52. The number of rotatable bonds is 7. The molecule has 0 bridgehead atoms. The van der Waals surface area contributed by atoms with Gasteiger partial charge in [0, 0.05) is 24.2 Å². The fourth-order valence-electron chi connectivity index (χ4n) is 4.54. The zero-order valence-electron chi connectivity index (χ0n) is 18.8. The SMILES string of the molecule is O=c1[nH]/c(=C\c2nc[nH]c2C(CCC2CC2)C2COCCN2)c(=O)[nH]/c1=C\c1cccc(F)c1. The van der Waals surface area contributed by atoms with E-state index in [0.717, 1.165) is 31.0 Å². The average Bonchev–Trinajstić information content (AvgIpc) is 3.55. The van der Waals surface area contributed by atoms with Crippen LogP contribution in [0.2, 0.25) is 0 Å². The Balaban J connectivity index is 1.49. The Kier molecular flexibility index (Phi) is 6.55. The highest BCUT2D eigenvalue weighted by atomic mass is 19.1. The van der Waals surface area contributed by atoms with Crippen LogP contribution in [0.15, 0.2) is 40.2 Å². The van der Waals surface area contributed by atoms with Crippen molar-refractivity contribution < 1.29 is 9.13 Å². The molecule has 4 N–H and O–H groups in total. The van der Waals surface area contributed by atoms with Gasteiger partial charge in [0.1, 0.15) is 16.5 Å². The normalized spacial score (nSPS) is 20.6. The molecule has 1 aliphatic carbocycles. The molecule has 3 aromatic rings. The molecule has 1 aliphatic heterocycles. The molecule has 5 rings (SSSR count). The molecule has 0 spiro atoms. The maximum Gasteiger partial charge on any atom is 0.272 e. The number of H-pyrrole nitrogens is 3. The molecule has 34 heavy (non-hydrogen) atoms. The molecule has 0 radical (unpaired) electrons. The van der Waals surface area contributed by atoms with Crippen molar-refractivity contribution in [2.75, 3.05) is 19.8 Å². The predicted octanol–water partition coefficient (Wildman–Crippen LogP) is 0.845. The molecule has 8 nitrogen and oxygen atoms in total. The molecule has 2 aromatic heterocycles. The van der Waals surface area contributed by atoms with Gasteiger partial charge in [-0.1, -0.05) is 25.0 Å². The van der Waals surface area contributed by atoms with Crippen LogP contribution in [-0.2, 0) is 4.74 Å². The van der Waals surface area contributed by atoms with Crippen LogP contribution in [0.1, 0.15) is 48.6 Å². The van der Waals surface area contributed by atoms with Crippen molar-refractivity contribution in [2.45, 2.75) is 37.6 Å². The van der Waals surface area contributed by atoms with E-state index >= 15 is 0 Å². The van der Waals surface area contributed by atoms with E-state index in [1.54, 1.807) is 24.5 Å². The highest BCUT2D eigenvalue weighted by Crippen LogP contribution is 2.38. The van der Waals surface area contributed by atoms with Gasteiger partial charge in [0.25, 0.3) is 11.1 Å². The van der Waals surface area contributed by atoms with E-state index < -0.39 is 16.9 Å². The zero-order valence-corrected chi connectivity index (χ0v) is 18.8. The number of aromatic amines is 3. The van der Waals surface area contributed by atoms with Gasteiger partial charge >= 0.3 is 0 Å². The number of morpholine rings is 1. The van der Waals surface area contributed by atoms with Crippen molar-refractivity contribution >= 4 is 12.2 Å². The first-order chi connectivity index (χ1) is 16.6. The third-order valence-corrected chi connectivity index (χ3v) is 6.52. The number of nitrogens with one attached hydrogen (secondary N) is 4. The summed E-state index contributed by atoms with van der Waals surface area (Å²) in [6, 6.07) is 5.96. The van der Waals surface area contributed by atoms with Crippen LogP contribution in [0.25, 0.3) is 12.2 Å². The van der Waals surface area contributed by atoms with Gasteiger partial charge in [0.2, 0.25) is 0 Å². The summed E-state index contributed by atoms with van der Waals surface area (Å²) in [5.74, 6) is 0.530. The van der Waals surface area contributed by atoms with Crippen LogP contribution in [0, 0.1) is 11.7 Å². The third kappa shape index (κ3) is 5.26. The van der Waals surface area contributed by atoms with Crippen LogP contribution in [0.4, 0.5) is 4.39 Å². The number of hydrogen-bond donors (Lipinski definition) is 4. The number of ether oxygens (including phenoxy) is 1. The Labute approximate surface area is 195 Å². The van der Waals surface area contributed by atoms with Crippen molar-refractivity contribution in [1.82, 2.24) is 25.3 Å². The second-order valence-electron chi connectivity index (χ2n) is 9.04. The van der Waals surface area contributed by atoms with Crippen LogP contribution < -0.4 is 27.1 Å². The standard InChI is InChI=1S/C25H28FN5O3/c26-17-3-1-2-16(10-17)11-20-24(32)31-21(25(33)30-20)12-19-23(29-14-28-19)18(7-6-15-4-5-15)22-13-34-9-8-27-22/h1-3,10-12,14-15,18,22,27H,4-9,13H2,(H,28,29)(H,30,33)(H,31,32)/b20-11-,21-12-. The number of halogens is 1. The Morgan fingerprint density at radius 3 is 2.65 bits per heavy atom. The van der Waals surface area contributed by atoms with E-state index in [1.807, 2.05) is 0 Å². The first kappa shape index (κ1) is 22.5. The lowest BCUT2D eigenvalue weighted by Gasteiger charge is -2.31. The van der Waals surface area contributed by atoms with Gasteiger partial charge in [-0.3, -0.25) is 9.59 Å². The van der Waals surface area contributed by atoms with E-state index in [0.29, 0.717) is 24.5 Å². The highest BCUT2D eigenvalue weighted by Gasteiger charge is 2.31. The summed E-state index contributed by atoms with van der Waals surface area (Å²) < 4.78 is 19.2. The summed E-state index contributed by atoms with van der Waals surface area (Å²) in [7, 11) is 0. The summed E-state index contributed by atoms with van der Waals surface area (Å²) in [5.41, 5.74) is 1.10. The maximum atomic E-state index is 13.5. The van der Waals surface area contributed by atoms with Gasteiger partial charge in [0.15, 0.2) is 0 Å². The van der Waals surface area contributed by atoms with Crippen molar-refractivity contribution in [3.63, 3.8) is 0 Å². The molecular formula is C25H28FN5O3. The average molecular weight is 466 g/mol. The minimum atomic E-state index is -0.472. The van der Waals surface area contributed by atoms with Crippen LogP contribution in [0.3, 0.4) is 0 Å². The summed E-state index contributed by atoms with van der Waals surface area (Å²) in [5, 5.41) is 3.73. The van der Waals surface area contributed by atoms with Gasteiger partial charge in [-0.05, 0) is 48.6 Å². The molecule has 178 valence electrons. The molecule has 9 heteroatoms. The number of benzene rings is 1. The molecule has 2 atom stereocenters. The van der Waals surface area contributed by atoms with Gasteiger partial charge in [-0.15, -0.1) is 0 Å². The molecular weight excluding hydrogens is 437 g/mol. The summed E-state index contributed by atoms with van der Waals surface area (Å²) in [6.07, 6.45) is 9.37. The van der Waals surface area contributed by atoms with E-state index in [1.165, 1.54) is 31.1 Å². The quantitative estimate of drug-likeness (QED) is 0.413. The molecule has 2 aliphatic rings. The number of aromatic nitrogens is 4. The first-order valence-electron chi connectivity index (χ1n) is 11.7. The summed E-state index contributed by atoms with van der Waals surface area (Å²) >= 11 is 0. The van der Waals surface area contributed by atoms with E-state index in [4.69, 9.17) is 4.74 Å². The Hall–Kier alpha value is -3.30. The second-order valence-corrected chi connectivity index (χ2v) is 9.04. The van der Waals surface area contributed by atoms with Gasteiger partial charge in [-0.2, -0.15) is 0 Å². The molecule has 3 heterocycles. The predicted molar refractivity (Wildman–Crippen MR) is 126 cm³/mol. The summed E-state index contributed by atoms with van der Waals surface area (Å²) in [6.45, 7) is 2.12. The number of imidazole rings is 1. The lowest BCUT2D eigenvalue weighted by molar-refractivity contribution is 0.0658. The lowest BCUT2D eigenvalue weighted by Crippen LogP contribution is -2.47. The molecule has 2 fully saturated rings. The zero-order chi connectivity index (χ0) is 23.5. The minimum Gasteiger partial charge on any atom is -0.378 e. The van der Waals surface area contributed by atoms with Crippen LogP contribution >= 0.6 is 0 Å². The fraction of sp³-hybridized carbons (Fsp3) is 0.400. The maximum absolute atomic E-state index is 13.5. The van der Waals surface area contributed by atoms with E-state index in [-0.39, 0.29) is 22.7 Å². The van der Waals surface area contributed by atoms with Gasteiger partial charge in [0.05, 0.1) is 25.2 Å². The van der Waals surface area contributed by atoms with Crippen molar-refractivity contribution in [2.24, 2.45) is 5.92 Å². The molecule has 1 aromatic carbocycles. The molecule has 2 unspecified atom stereocenters. The van der Waals surface area contributed by atoms with E-state index in [2.05, 4.69) is 25.3 Å². The molecule has 1 saturated heterocycles. The number of hydrogen-bond acceptors (Lipinski definition) is 5. The Morgan fingerprint density at radius 2 is 1.94 bits per heavy atom. The lowest BCUT2D eigenvalue weighted by atomic mass is 9.89. The molecule has 1 saturated carbocycles. The van der Waals surface area contributed by atoms with Gasteiger partial charge in [-0.25, -0.2) is 9.37 Å². The van der Waals surface area contributed by atoms with Crippen molar-refractivity contribution in [1.29, 1.82) is 0 Å². The second kappa shape index (κ2) is 9.90. The first-order valence-corrected chi connectivity index (χ1v) is 11.7. The van der Waals surface area contributed by atoms with Crippen LogP contribution in [0.5, 0.6) is 0 Å². The van der Waals surface area contributed by atoms with Crippen molar-refractivity contribution in [3.05, 3.63) is 84.8 Å². The Bertz CT molecular complexity index is 1380. The smallest absolute Gasteiger partial charge is 0.272 e. The molecule has 0 amide bonds. The fourth-order valence-corrected chi connectivity index (χ4v) is 4.54.